The standard InChI is InChI=1S/C20H38N6/c1-5-21-20(22-11-7-13-26-18(4)16-17(3)24-26)23-12-8-19-9-14-25(6-2)15-10-19/h16,19H,5-15H2,1-4H3,(H2,21,22,23). The van der Waals surface area contributed by atoms with Gasteiger partial charge in [-0.25, -0.2) is 0 Å². The van der Waals surface area contributed by atoms with Crippen molar-refractivity contribution in [1.82, 2.24) is 25.3 Å². The fourth-order valence-corrected chi connectivity index (χ4v) is 3.64. The number of aliphatic imine (C=N–C) groups is 1. The lowest BCUT2D eigenvalue weighted by atomic mass is 9.93. The SMILES string of the molecule is CCNC(=NCCCn1nc(C)cc1C)NCCC1CCN(CC)CC1. The lowest BCUT2D eigenvalue weighted by Crippen LogP contribution is -2.39. The molecule has 1 aliphatic rings. The van der Waals surface area contributed by atoms with E-state index >= 15 is 0 Å². The van der Waals surface area contributed by atoms with Crippen LogP contribution in [0.3, 0.4) is 0 Å². The smallest absolute Gasteiger partial charge is 0.191 e. The van der Waals surface area contributed by atoms with E-state index in [0.717, 1.165) is 50.2 Å². The molecule has 0 amide bonds. The molecule has 0 aromatic carbocycles. The fourth-order valence-electron chi connectivity index (χ4n) is 3.64. The van der Waals surface area contributed by atoms with Crippen LogP contribution in [-0.2, 0) is 6.54 Å². The number of aromatic nitrogens is 2. The molecule has 1 fully saturated rings. The molecule has 2 N–H and O–H groups in total. The Balaban J connectivity index is 1.66. The van der Waals surface area contributed by atoms with Crippen LogP contribution in [0.15, 0.2) is 11.1 Å². The van der Waals surface area contributed by atoms with Crippen LogP contribution in [0, 0.1) is 19.8 Å². The highest BCUT2D eigenvalue weighted by Crippen LogP contribution is 2.19. The molecular weight excluding hydrogens is 324 g/mol. The van der Waals surface area contributed by atoms with E-state index in [1.165, 1.54) is 44.6 Å². The van der Waals surface area contributed by atoms with Gasteiger partial charge in [-0.2, -0.15) is 5.10 Å². The summed E-state index contributed by atoms with van der Waals surface area (Å²) in [5, 5.41) is 11.4. The lowest BCUT2D eigenvalue weighted by Gasteiger charge is -2.31. The first-order valence-electron chi connectivity index (χ1n) is 10.4. The number of likely N-dealkylation sites (tertiary alicyclic amines) is 1. The zero-order chi connectivity index (χ0) is 18.8. The summed E-state index contributed by atoms with van der Waals surface area (Å²) >= 11 is 0. The van der Waals surface area contributed by atoms with E-state index in [1.54, 1.807) is 0 Å². The third kappa shape index (κ3) is 6.98. The van der Waals surface area contributed by atoms with Crippen molar-refractivity contribution < 1.29 is 0 Å². The molecule has 6 heteroatoms. The Labute approximate surface area is 159 Å². The lowest BCUT2D eigenvalue weighted by molar-refractivity contribution is 0.187. The van der Waals surface area contributed by atoms with Gasteiger partial charge in [-0.05, 0) is 78.1 Å². The average molecular weight is 363 g/mol. The van der Waals surface area contributed by atoms with Crippen molar-refractivity contribution in [2.45, 2.75) is 59.9 Å². The van der Waals surface area contributed by atoms with Crippen LogP contribution in [0.5, 0.6) is 0 Å². The molecule has 2 rings (SSSR count). The third-order valence-corrected chi connectivity index (χ3v) is 5.24. The molecule has 0 aliphatic carbocycles. The monoisotopic (exact) mass is 362 g/mol. The summed E-state index contributed by atoms with van der Waals surface area (Å²) in [6, 6.07) is 2.12. The van der Waals surface area contributed by atoms with Gasteiger partial charge in [0.15, 0.2) is 5.96 Å². The van der Waals surface area contributed by atoms with Gasteiger partial charge in [0.05, 0.1) is 5.69 Å². The van der Waals surface area contributed by atoms with Crippen LogP contribution in [0.1, 0.15) is 50.9 Å². The van der Waals surface area contributed by atoms with Gasteiger partial charge in [-0.15, -0.1) is 0 Å². The normalized spacial score (nSPS) is 16.8. The van der Waals surface area contributed by atoms with E-state index in [0.29, 0.717) is 0 Å². The predicted octanol–water partition coefficient (Wildman–Crippen LogP) is 2.57. The highest BCUT2D eigenvalue weighted by Gasteiger charge is 2.17. The number of guanidine groups is 1. The largest absolute Gasteiger partial charge is 0.357 e. The summed E-state index contributed by atoms with van der Waals surface area (Å²) in [6.45, 7) is 15.9. The van der Waals surface area contributed by atoms with Crippen LogP contribution >= 0.6 is 0 Å². The van der Waals surface area contributed by atoms with E-state index in [1.807, 2.05) is 6.92 Å². The molecule has 2 heterocycles. The minimum Gasteiger partial charge on any atom is -0.357 e. The van der Waals surface area contributed by atoms with Gasteiger partial charge < -0.3 is 15.5 Å². The number of nitrogens with zero attached hydrogens (tertiary/aromatic N) is 4. The topological polar surface area (TPSA) is 57.5 Å². The van der Waals surface area contributed by atoms with Crippen LogP contribution < -0.4 is 10.6 Å². The van der Waals surface area contributed by atoms with Crippen molar-refractivity contribution in [1.29, 1.82) is 0 Å². The minimum absolute atomic E-state index is 0.822. The van der Waals surface area contributed by atoms with Gasteiger partial charge in [0.2, 0.25) is 0 Å². The fraction of sp³-hybridized carbons (Fsp3) is 0.800. The summed E-state index contributed by atoms with van der Waals surface area (Å²) in [4.78, 5) is 7.27. The Hall–Kier alpha value is -1.56. The first kappa shape index (κ1) is 20.7. The van der Waals surface area contributed by atoms with E-state index in [9.17, 15) is 0 Å². The van der Waals surface area contributed by atoms with Crippen molar-refractivity contribution >= 4 is 5.96 Å². The maximum Gasteiger partial charge on any atom is 0.191 e. The molecule has 1 aliphatic heterocycles. The quantitative estimate of drug-likeness (QED) is 0.403. The Bertz CT molecular complexity index is 542. The van der Waals surface area contributed by atoms with Gasteiger partial charge in [0.1, 0.15) is 0 Å². The molecule has 1 aromatic rings. The first-order chi connectivity index (χ1) is 12.6. The number of rotatable bonds is 9. The molecular formula is C20H38N6. The van der Waals surface area contributed by atoms with Gasteiger partial charge in [0, 0.05) is 31.9 Å². The molecule has 148 valence electrons. The number of hydrogen-bond acceptors (Lipinski definition) is 3. The van der Waals surface area contributed by atoms with Crippen molar-refractivity contribution in [2.24, 2.45) is 10.9 Å². The molecule has 0 atom stereocenters. The zero-order valence-electron chi connectivity index (χ0n) is 17.2. The zero-order valence-corrected chi connectivity index (χ0v) is 17.2. The second-order valence-corrected chi connectivity index (χ2v) is 7.36. The van der Waals surface area contributed by atoms with Crippen molar-refractivity contribution in [3.8, 4) is 0 Å². The van der Waals surface area contributed by atoms with E-state index < -0.39 is 0 Å². The van der Waals surface area contributed by atoms with Gasteiger partial charge in [-0.3, -0.25) is 9.67 Å². The molecule has 0 unspecified atom stereocenters. The Kier molecular flexibility index (Phi) is 8.95. The van der Waals surface area contributed by atoms with Gasteiger partial charge in [0.25, 0.3) is 0 Å². The third-order valence-electron chi connectivity index (χ3n) is 5.24. The van der Waals surface area contributed by atoms with E-state index in [2.05, 4.69) is 52.2 Å². The van der Waals surface area contributed by atoms with Crippen molar-refractivity contribution in [2.75, 3.05) is 39.3 Å². The number of nitrogens with one attached hydrogen (secondary N) is 2. The molecule has 0 radical (unpaired) electrons. The minimum atomic E-state index is 0.822. The second kappa shape index (κ2) is 11.2. The van der Waals surface area contributed by atoms with Crippen LogP contribution in [0.2, 0.25) is 0 Å². The summed E-state index contributed by atoms with van der Waals surface area (Å²) in [6.07, 6.45) is 4.93. The highest BCUT2D eigenvalue weighted by atomic mass is 15.3. The first-order valence-corrected chi connectivity index (χ1v) is 10.4. The molecule has 6 nitrogen and oxygen atoms in total. The molecule has 26 heavy (non-hydrogen) atoms. The Morgan fingerprint density at radius 1 is 1.23 bits per heavy atom. The molecule has 0 bridgehead atoms. The van der Waals surface area contributed by atoms with Gasteiger partial charge in [-0.1, -0.05) is 6.92 Å². The van der Waals surface area contributed by atoms with Crippen LogP contribution in [0.4, 0.5) is 0 Å². The van der Waals surface area contributed by atoms with Crippen molar-refractivity contribution in [3.05, 3.63) is 17.5 Å². The summed E-state index contributed by atoms with van der Waals surface area (Å²) in [5.74, 6) is 1.81. The summed E-state index contributed by atoms with van der Waals surface area (Å²) in [5.41, 5.74) is 2.32. The number of hydrogen-bond donors (Lipinski definition) is 2. The van der Waals surface area contributed by atoms with E-state index in [4.69, 9.17) is 4.99 Å². The second-order valence-electron chi connectivity index (χ2n) is 7.36. The maximum atomic E-state index is 4.72. The Morgan fingerprint density at radius 3 is 2.62 bits per heavy atom. The van der Waals surface area contributed by atoms with Crippen LogP contribution in [-0.4, -0.2) is 59.9 Å². The summed E-state index contributed by atoms with van der Waals surface area (Å²) < 4.78 is 2.08. The average Bonchev–Trinajstić information content (AvgIpc) is 2.96. The molecule has 1 saturated heterocycles. The highest BCUT2D eigenvalue weighted by molar-refractivity contribution is 5.79. The van der Waals surface area contributed by atoms with Gasteiger partial charge >= 0.3 is 0 Å². The van der Waals surface area contributed by atoms with Crippen LogP contribution in [0.25, 0.3) is 0 Å². The number of piperidine rings is 1. The van der Waals surface area contributed by atoms with E-state index in [-0.39, 0.29) is 0 Å². The van der Waals surface area contributed by atoms with Crippen molar-refractivity contribution in [3.63, 3.8) is 0 Å². The Morgan fingerprint density at radius 2 is 2.00 bits per heavy atom. The molecule has 1 aromatic heterocycles. The molecule has 0 spiro atoms. The number of aryl methyl sites for hydroxylation is 3. The summed E-state index contributed by atoms with van der Waals surface area (Å²) in [7, 11) is 0. The maximum absolute atomic E-state index is 4.72. The predicted molar refractivity (Wildman–Crippen MR) is 110 cm³/mol. The molecule has 0 saturated carbocycles.